The van der Waals surface area contributed by atoms with Crippen LogP contribution in [-0.4, -0.2) is 56.3 Å². The molecule has 1 saturated heterocycles. The van der Waals surface area contributed by atoms with Gasteiger partial charge in [-0.15, -0.1) is 0 Å². The molecule has 22 heavy (non-hydrogen) atoms. The largest absolute Gasteiger partial charge is 0.872 e. The highest BCUT2D eigenvalue weighted by atomic mass is 16.4. The summed E-state index contributed by atoms with van der Waals surface area (Å²) in [6, 6.07) is 9.92. The van der Waals surface area contributed by atoms with Crippen LogP contribution in [-0.2, 0) is 0 Å². The van der Waals surface area contributed by atoms with Gasteiger partial charge in [-0.05, 0) is 23.9 Å². The molecular weight excluding hydrogens is 280 g/mol. The molecule has 118 valence electrons. The van der Waals surface area contributed by atoms with Crippen molar-refractivity contribution in [2.75, 3.05) is 40.3 Å². The van der Waals surface area contributed by atoms with Crippen LogP contribution in [0, 0.1) is 0 Å². The van der Waals surface area contributed by atoms with Crippen molar-refractivity contribution in [3.05, 3.63) is 42.0 Å². The number of hydrogen-bond acceptors (Lipinski definition) is 3. The number of nitrogens with zero attached hydrogens (tertiary/aromatic N) is 1. The van der Waals surface area contributed by atoms with Gasteiger partial charge in [-0.2, -0.15) is 0 Å². The normalized spacial score (nSPS) is 16.1. The minimum atomic E-state index is -1.18. The van der Waals surface area contributed by atoms with E-state index in [2.05, 4.69) is 19.0 Å². The molecule has 0 amide bonds. The van der Waals surface area contributed by atoms with Crippen molar-refractivity contribution < 1.29 is 19.9 Å². The first-order valence-electron chi connectivity index (χ1n) is 7.40. The minimum Gasteiger partial charge on any atom is -0.872 e. The van der Waals surface area contributed by atoms with Crippen molar-refractivity contribution in [1.82, 2.24) is 4.90 Å². The number of fused-ring (bicyclic) bond motifs is 1. The monoisotopic (exact) mass is 302 g/mol. The predicted molar refractivity (Wildman–Crippen MR) is 84.5 cm³/mol. The van der Waals surface area contributed by atoms with Gasteiger partial charge in [0.25, 0.3) is 0 Å². The summed E-state index contributed by atoms with van der Waals surface area (Å²) in [5, 5.41) is 21.6. The lowest BCUT2D eigenvalue weighted by Gasteiger charge is -2.26. The number of benzene rings is 2. The summed E-state index contributed by atoms with van der Waals surface area (Å²) in [7, 11) is 4.44. The standard InChI is InChI=1S/C11H8O3.C6H14N2/c12-10-6-8-4-2-1-3-7(8)5-9(10)11(13)14;1-7-3-5-8(2)6-4-7/h1-6,12H,(H,13,14);3-6H2,1-2H3. The van der Waals surface area contributed by atoms with Crippen LogP contribution in [0.5, 0.6) is 5.75 Å². The summed E-state index contributed by atoms with van der Waals surface area (Å²) in [4.78, 5) is 14.7. The van der Waals surface area contributed by atoms with E-state index in [9.17, 15) is 9.90 Å². The van der Waals surface area contributed by atoms with Crippen LogP contribution in [0.3, 0.4) is 0 Å². The van der Waals surface area contributed by atoms with Gasteiger partial charge in [-0.1, -0.05) is 36.1 Å². The molecule has 0 bridgehead atoms. The highest BCUT2D eigenvalue weighted by Crippen LogP contribution is 2.22. The maximum absolute atomic E-state index is 11.3. The smallest absolute Gasteiger partial charge is 0.335 e. The molecule has 1 aliphatic heterocycles. The van der Waals surface area contributed by atoms with E-state index >= 15 is 0 Å². The average Bonchev–Trinajstić information content (AvgIpc) is 2.50. The summed E-state index contributed by atoms with van der Waals surface area (Å²) in [6.45, 7) is 5.17. The number of carboxylic acid groups (broad SMARTS) is 1. The maximum atomic E-state index is 11.3. The number of likely N-dealkylation sites (N-methyl/N-ethyl adjacent to an activating group) is 2. The molecule has 5 heteroatoms. The number of rotatable bonds is 1. The van der Waals surface area contributed by atoms with E-state index in [0.717, 1.165) is 10.8 Å². The van der Waals surface area contributed by atoms with E-state index in [1.165, 1.54) is 38.3 Å². The summed E-state index contributed by atoms with van der Waals surface area (Å²) >= 11 is 0. The Bertz CT molecular complexity index is 639. The molecule has 0 spiro atoms. The Hall–Kier alpha value is -2.11. The maximum Gasteiger partial charge on any atom is 0.335 e. The molecule has 3 rings (SSSR count). The zero-order chi connectivity index (χ0) is 16.1. The van der Waals surface area contributed by atoms with Gasteiger partial charge in [0, 0.05) is 13.1 Å². The highest BCUT2D eigenvalue weighted by Gasteiger charge is 2.11. The molecular formula is C17H22N2O3. The van der Waals surface area contributed by atoms with Crippen LogP contribution in [0.4, 0.5) is 0 Å². The molecule has 0 saturated carbocycles. The van der Waals surface area contributed by atoms with Crippen LogP contribution in [0.1, 0.15) is 10.4 Å². The molecule has 5 nitrogen and oxygen atoms in total. The van der Waals surface area contributed by atoms with E-state index in [0.29, 0.717) is 0 Å². The molecule has 0 atom stereocenters. The molecule has 2 aromatic rings. The Labute approximate surface area is 130 Å². The number of aromatic carboxylic acids is 1. The first-order chi connectivity index (χ1) is 10.5. The lowest BCUT2D eigenvalue weighted by molar-refractivity contribution is -0.884. The van der Waals surface area contributed by atoms with Gasteiger partial charge in [0.15, 0.2) is 0 Å². The second-order valence-corrected chi connectivity index (χ2v) is 5.76. The fourth-order valence-corrected chi connectivity index (χ4v) is 2.39. The number of carboxylic acids is 1. The molecule has 0 aliphatic carbocycles. The Kier molecular flexibility index (Phi) is 5.35. The van der Waals surface area contributed by atoms with Crippen LogP contribution < -0.4 is 10.0 Å². The summed E-state index contributed by atoms with van der Waals surface area (Å²) in [5.74, 6) is -1.63. The van der Waals surface area contributed by atoms with Gasteiger partial charge in [0.1, 0.15) is 0 Å². The van der Waals surface area contributed by atoms with E-state index in [4.69, 9.17) is 5.11 Å². The van der Waals surface area contributed by atoms with Gasteiger partial charge < -0.3 is 15.1 Å². The van der Waals surface area contributed by atoms with E-state index in [1.807, 2.05) is 6.07 Å². The summed E-state index contributed by atoms with van der Waals surface area (Å²) in [5.41, 5.74) is -0.177. The highest BCUT2D eigenvalue weighted by molar-refractivity contribution is 5.97. The molecule has 0 unspecified atom stereocenters. The van der Waals surface area contributed by atoms with Crippen molar-refractivity contribution in [2.45, 2.75) is 0 Å². The first-order valence-corrected chi connectivity index (χ1v) is 7.40. The van der Waals surface area contributed by atoms with Crippen LogP contribution in [0.2, 0.25) is 0 Å². The van der Waals surface area contributed by atoms with Crippen LogP contribution in [0.15, 0.2) is 36.4 Å². The number of hydrogen-bond donors (Lipinski definition) is 2. The quantitative estimate of drug-likeness (QED) is 0.781. The van der Waals surface area contributed by atoms with Gasteiger partial charge >= 0.3 is 5.97 Å². The fraction of sp³-hybridized carbons (Fsp3) is 0.353. The third-order valence-corrected chi connectivity index (χ3v) is 3.92. The molecule has 1 heterocycles. The molecule has 1 fully saturated rings. The van der Waals surface area contributed by atoms with Crippen molar-refractivity contribution >= 4 is 16.7 Å². The average molecular weight is 302 g/mol. The SMILES string of the molecule is CN1CC[NH+](C)CC1.O=C(O)c1cc2ccccc2cc1[O-]. The number of nitrogens with one attached hydrogen (secondary N) is 1. The van der Waals surface area contributed by atoms with E-state index in [1.54, 1.807) is 23.1 Å². The second kappa shape index (κ2) is 7.24. The Balaban J connectivity index is 0.000000188. The van der Waals surface area contributed by atoms with E-state index < -0.39 is 11.7 Å². The van der Waals surface area contributed by atoms with Gasteiger partial charge in [0.05, 0.1) is 25.7 Å². The van der Waals surface area contributed by atoms with E-state index in [-0.39, 0.29) is 5.56 Å². The van der Waals surface area contributed by atoms with Crippen molar-refractivity contribution in [3.8, 4) is 5.75 Å². The lowest BCUT2D eigenvalue weighted by Crippen LogP contribution is -3.11. The molecule has 0 aromatic heterocycles. The molecule has 1 aliphatic rings. The molecule has 0 radical (unpaired) electrons. The third kappa shape index (κ3) is 4.19. The van der Waals surface area contributed by atoms with Crippen molar-refractivity contribution in [3.63, 3.8) is 0 Å². The Morgan fingerprint density at radius 1 is 1.18 bits per heavy atom. The Morgan fingerprint density at radius 2 is 1.73 bits per heavy atom. The van der Waals surface area contributed by atoms with Crippen LogP contribution in [0.25, 0.3) is 10.8 Å². The topological polar surface area (TPSA) is 68.0 Å². The Morgan fingerprint density at radius 3 is 2.23 bits per heavy atom. The fourth-order valence-electron chi connectivity index (χ4n) is 2.39. The van der Waals surface area contributed by atoms with Crippen molar-refractivity contribution in [1.29, 1.82) is 0 Å². The number of carbonyl (C=O) groups is 1. The predicted octanol–water partition coefficient (Wildman–Crippen LogP) is 0.0581. The van der Waals surface area contributed by atoms with Crippen LogP contribution >= 0.6 is 0 Å². The molecule has 2 aromatic carbocycles. The lowest BCUT2D eigenvalue weighted by atomic mass is 10.1. The summed E-state index contributed by atoms with van der Waals surface area (Å²) in [6.07, 6.45) is 0. The first kappa shape index (κ1) is 16.3. The van der Waals surface area contributed by atoms with Gasteiger partial charge in [-0.25, -0.2) is 4.79 Å². The zero-order valence-corrected chi connectivity index (χ0v) is 13.0. The molecule has 2 N–H and O–H groups in total. The van der Waals surface area contributed by atoms with Gasteiger partial charge in [-0.3, -0.25) is 4.90 Å². The van der Waals surface area contributed by atoms with Crippen molar-refractivity contribution in [2.24, 2.45) is 0 Å². The van der Waals surface area contributed by atoms with Gasteiger partial charge in [0.2, 0.25) is 0 Å². The zero-order valence-electron chi connectivity index (χ0n) is 13.0. The number of piperazine rings is 1. The summed E-state index contributed by atoms with van der Waals surface area (Å²) < 4.78 is 0. The third-order valence-electron chi connectivity index (χ3n) is 3.92. The number of quaternary nitrogens is 1. The minimum absolute atomic E-state index is 0.177. The second-order valence-electron chi connectivity index (χ2n) is 5.76.